The summed E-state index contributed by atoms with van der Waals surface area (Å²) in [6, 6.07) is 3.60. The average Bonchev–Trinajstić information content (AvgIpc) is 1.95. The van der Waals surface area contributed by atoms with Crippen LogP contribution >= 0.6 is 0 Å². The number of rotatable bonds is 1. The van der Waals surface area contributed by atoms with Gasteiger partial charge in [0.1, 0.15) is 0 Å². The van der Waals surface area contributed by atoms with Gasteiger partial charge in [-0.3, -0.25) is 9.36 Å². The first-order valence-electron chi connectivity index (χ1n) is 3.06. The van der Waals surface area contributed by atoms with Crippen molar-refractivity contribution in [1.82, 2.24) is 4.57 Å². The molecule has 1 aromatic heterocycles. The summed E-state index contributed by atoms with van der Waals surface area (Å²) in [6.07, 6.45) is 3.18. The third kappa shape index (κ3) is 1.00. The molecule has 0 aromatic carbocycles. The van der Waals surface area contributed by atoms with Crippen LogP contribution in [0.2, 0.25) is 0 Å². The predicted octanol–water partition coefficient (Wildman–Crippen LogP) is 1.26. The molecule has 2 nitrogen and oxygen atoms in total. The molecule has 0 saturated carbocycles. The standard InChI is InChI=1S/C8H9NO/c1-3-9-6-4-5-7(2)8(9)10/h3-6H,1H2,2H3. The second-order valence-electron chi connectivity index (χ2n) is 2.09. The molecule has 0 spiro atoms. The van der Waals surface area contributed by atoms with Crippen molar-refractivity contribution in [3.8, 4) is 0 Å². The van der Waals surface area contributed by atoms with Crippen LogP contribution in [0.25, 0.3) is 6.20 Å². The van der Waals surface area contributed by atoms with Crippen LogP contribution in [0, 0.1) is 6.92 Å². The van der Waals surface area contributed by atoms with Gasteiger partial charge in [-0.2, -0.15) is 0 Å². The van der Waals surface area contributed by atoms with Crippen molar-refractivity contribution in [2.24, 2.45) is 0 Å². The molecule has 0 aliphatic rings. The van der Waals surface area contributed by atoms with Crippen molar-refractivity contribution in [1.29, 1.82) is 0 Å². The van der Waals surface area contributed by atoms with E-state index in [0.717, 1.165) is 5.56 Å². The largest absolute Gasteiger partial charge is 0.292 e. The number of hydrogen-bond acceptors (Lipinski definition) is 1. The van der Waals surface area contributed by atoms with E-state index in [9.17, 15) is 4.79 Å². The molecule has 1 rings (SSSR count). The Morgan fingerprint density at radius 3 is 2.90 bits per heavy atom. The lowest BCUT2D eigenvalue weighted by Crippen LogP contribution is -2.15. The van der Waals surface area contributed by atoms with Gasteiger partial charge in [-0.1, -0.05) is 12.6 Å². The first kappa shape index (κ1) is 6.81. The molecule has 0 aliphatic heterocycles. The molecule has 0 N–H and O–H groups in total. The molecule has 0 atom stereocenters. The fourth-order valence-electron chi connectivity index (χ4n) is 0.766. The second-order valence-corrected chi connectivity index (χ2v) is 2.09. The van der Waals surface area contributed by atoms with Gasteiger partial charge in [0, 0.05) is 18.0 Å². The van der Waals surface area contributed by atoms with Gasteiger partial charge in [0.25, 0.3) is 5.56 Å². The molecule has 10 heavy (non-hydrogen) atoms. The lowest BCUT2D eigenvalue weighted by molar-refractivity contribution is 1.03. The molecule has 1 heterocycles. The van der Waals surface area contributed by atoms with Crippen LogP contribution in [0.4, 0.5) is 0 Å². The van der Waals surface area contributed by atoms with Gasteiger partial charge in [0.05, 0.1) is 0 Å². The van der Waals surface area contributed by atoms with Gasteiger partial charge < -0.3 is 0 Å². The molecule has 2 heteroatoms. The van der Waals surface area contributed by atoms with Gasteiger partial charge in [-0.05, 0) is 13.0 Å². The zero-order valence-electron chi connectivity index (χ0n) is 5.87. The Morgan fingerprint density at radius 2 is 2.40 bits per heavy atom. The minimum Gasteiger partial charge on any atom is -0.292 e. The normalized spacial score (nSPS) is 9.30. The van der Waals surface area contributed by atoms with Crippen LogP contribution in [0.1, 0.15) is 5.56 Å². The van der Waals surface area contributed by atoms with Crippen LogP contribution in [0.3, 0.4) is 0 Å². The summed E-state index contributed by atoms with van der Waals surface area (Å²) in [5, 5.41) is 0. The minimum absolute atomic E-state index is 0.00231. The molecule has 0 bridgehead atoms. The molecule has 0 radical (unpaired) electrons. The summed E-state index contributed by atoms with van der Waals surface area (Å²) in [5.74, 6) is 0. The summed E-state index contributed by atoms with van der Waals surface area (Å²) >= 11 is 0. The molecule has 52 valence electrons. The van der Waals surface area contributed by atoms with Crippen LogP contribution in [-0.4, -0.2) is 4.57 Å². The van der Waals surface area contributed by atoms with Crippen molar-refractivity contribution in [3.63, 3.8) is 0 Å². The van der Waals surface area contributed by atoms with Gasteiger partial charge in [0.15, 0.2) is 0 Å². The van der Waals surface area contributed by atoms with Crippen molar-refractivity contribution < 1.29 is 0 Å². The number of hydrogen-bond donors (Lipinski definition) is 0. The molecule has 0 amide bonds. The van der Waals surface area contributed by atoms with Crippen molar-refractivity contribution in [2.45, 2.75) is 6.92 Å². The smallest absolute Gasteiger partial charge is 0.257 e. The molecule has 0 fully saturated rings. The third-order valence-electron chi connectivity index (χ3n) is 1.36. The maximum absolute atomic E-state index is 11.1. The van der Waals surface area contributed by atoms with E-state index in [1.165, 1.54) is 10.8 Å². The molecule has 0 unspecified atom stereocenters. The summed E-state index contributed by atoms with van der Waals surface area (Å²) in [5.41, 5.74) is 0.736. The van der Waals surface area contributed by atoms with Gasteiger partial charge in [-0.15, -0.1) is 0 Å². The number of pyridine rings is 1. The van der Waals surface area contributed by atoms with E-state index >= 15 is 0 Å². The van der Waals surface area contributed by atoms with Crippen molar-refractivity contribution >= 4 is 6.20 Å². The highest BCUT2D eigenvalue weighted by atomic mass is 16.1. The lowest BCUT2D eigenvalue weighted by atomic mass is 10.3. The molecule has 0 aliphatic carbocycles. The Labute approximate surface area is 59.4 Å². The number of aryl methyl sites for hydroxylation is 1. The highest BCUT2D eigenvalue weighted by Crippen LogP contribution is 1.87. The Morgan fingerprint density at radius 1 is 1.70 bits per heavy atom. The Hall–Kier alpha value is -1.31. The van der Waals surface area contributed by atoms with E-state index in [4.69, 9.17) is 0 Å². The van der Waals surface area contributed by atoms with Crippen molar-refractivity contribution in [3.05, 3.63) is 40.8 Å². The van der Waals surface area contributed by atoms with Gasteiger partial charge in [-0.25, -0.2) is 0 Å². The maximum Gasteiger partial charge on any atom is 0.257 e. The van der Waals surface area contributed by atoms with Gasteiger partial charge in [0.2, 0.25) is 0 Å². The zero-order valence-corrected chi connectivity index (χ0v) is 5.87. The Bertz CT molecular complexity index is 298. The van der Waals surface area contributed by atoms with E-state index < -0.39 is 0 Å². The first-order valence-corrected chi connectivity index (χ1v) is 3.06. The van der Waals surface area contributed by atoms with Crippen LogP contribution < -0.4 is 5.56 Å². The topological polar surface area (TPSA) is 22.0 Å². The fourth-order valence-corrected chi connectivity index (χ4v) is 0.766. The van der Waals surface area contributed by atoms with E-state index in [1.54, 1.807) is 19.2 Å². The Kier molecular flexibility index (Phi) is 1.71. The summed E-state index contributed by atoms with van der Waals surface area (Å²) in [6.45, 7) is 5.28. The maximum atomic E-state index is 11.1. The summed E-state index contributed by atoms with van der Waals surface area (Å²) in [7, 11) is 0. The monoisotopic (exact) mass is 135 g/mol. The lowest BCUT2D eigenvalue weighted by Gasteiger charge is -1.96. The highest BCUT2D eigenvalue weighted by molar-refractivity contribution is 5.20. The van der Waals surface area contributed by atoms with Gasteiger partial charge >= 0.3 is 0 Å². The summed E-state index contributed by atoms with van der Waals surface area (Å²) in [4.78, 5) is 11.1. The zero-order chi connectivity index (χ0) is 7.56. The quantitative estimate of drug-likeness (QED) is 0.568. The Balaban J connectivity index is 3.42. The molecule has 0 saturated heterocycles. The number of aromatic nitrogens is 1. The van der Waals surface area contributed by atoms with Crippen LogP contribution in [-0.2, 0) is 0 Å². The van der Waals surface area contributed by atoms with Crippen LogP contribution in [0.15, 0.2) is 29.7 Å². The fraction of sp³-hybridized carbons (Fsp3) is 0.125. The summed E-state index contributed by atoms with van der Waals surface area (Å²) < 4.78 is 1.45. The van der Waals surface area contributed by atoms with Crippen LogP contribution in [0.5, 0.6) is 0 Å². The van der Waals surface area contributed by atoms with E-state index in [-0.39, 0.29) is 5.56 Å². The van der Waals surface area contributed by atoms with E-state index in [0.29, 0.717) is 0 Å². The molecular weight excluding hydrogens is 126 g/mol. The average molecular weight is 135 g/mol. The molecular formula is C8H9NO. The predicted molar refractivity (Wildman–Crippen MR) is 41.8 cm³/mol. The second kappa shape index (κ2) is 2.52. The van der Waals surface area contributed by atoms with E-state index in [1.807, 2.05) is 6.07 Å². The highest BCUT2D eigenvalue weighted by Gasteiger charge is 1.91. The molecule has 1 aromatic rings. The minimum atomic E-state index is -0.00231. The third-order valence-corrected chi connectivity index (χ3v) is 1.36. The van der Waals surface area contributed by atoms with Crippen molar-refractivity contribution in [2.75, 3.05) is 0 Å². The first-order chi connectivity index (χ1) is 4.75. The number of nitrogens with zero attached hydrogens (tertiary/aromatic N) is 1. The SMILES string of the molecule is C=Cn1cccc(C)c1=O. The van der Waals surface area contributed by atoms with E-state index in [2.05, 4.69) is 6.58 Å².